The molecule has 0 aromatic carbocycles. The summed E-state index contributed by atoms with van der Waals surface area (Å²) in [7, 11) is 0. The third-order valence-corrected chi connectivity index (χ3v) is 4.66. The summed E-state index contributed by atoms with van der Waals surface area (Å²) in [6.45, 7) is 9.68. The molecule has 128 valence electrons. The number of rotatable bonds is 1. The van der Waals surface area contributed by atoms with E-state index in [1.807, 2.05) is 27.7 Å². The van der Waals surface area contributed by atoms with E-state index in [0.717, 1.165) is 11.3 Å². The van der Waals surface area contributed by atoms with Crippen molar-refractivity contribution in [3.63, 3.8) is 0 Å². The standard InChI is InChI=1S/C16H25N3O3S/c1-11-12(17)10-13(23-11)14(20)18-6-5-7-19(9-8-18)15(21)22-16(2,3)4/h10H,5-9,17H2,1-4H3. The predicted octanol–water partition coefficient (Wildman–Crippen LogP) is 2.72. The van der Waals surface area contributed by atoms with Gasteiger partial charge in [-0.2, -0.15) is 0 Å². The first-order chi connectivity index (χ1) is 10.7. The third kappa shape index (κ3) is 4.60. The lowest BCUT2D eigenvalue weighted by Gasteiger charge is -2.26. The molecule has 1 aliphatic heterocycles. The van der Waals surface area contributed by atoms with Gasteiger partial charge in [-0.05, 0) is 40.2 Å². The maximum atomic E-state index is 12.6. The van der Waals surface area contributed by atoms with E-state index in [4.69, 9.17) is 10.5 Å². The minimum atomic E-state index is -0.509. The molecule has 0 saturated carbocycles. The van der Waals surface area contributed by atoms with Gasteiger partial charge in [-0.3, -0.25) is 4.79 Å². The van der Waals surface area contributed by atoms with Crippen molar-refractivity contribution in [3.05, 3.63) is 15.8 Å². The molecule has 23 heavy (non-hydrogen) atoms. The first kappa shape index (κ1) is 17.6. The van der Waals surface area contributed by atoms with Gasteiger partial charge in [0.1, 0.15) is 5.60 Å². The fraction of sp³-hybridized carbons (Fsp3) is 0.625. The Bertz CT molecular complexity index is 572. The third-order valence-electron chi connectivity index (χ3n) is 3.60. The summed E-state index contributed by atoms with van der Waals surface area (Å²) in [4.78, 5) is 29.8. The minimum Gasteiger partial charge on any atom is -0.444 e. The molecule has 1 fully saturated rings. The Morgan fingerprint density at radius 1 is 1.17 bits per heavy atom. The van der Waals surface area contributed by atoms with Crippen LogP contribution in [0.3, 0.4) is 0 Å². The number of carbonyl (C=O) groups is 2. The number of nitrogens with zero attached hydrogens (tertiary/aromatic N) is 2. The number of anilines is 1. The van der Waals surface area contributed by atoms with Crippen molar-refractivity contribution >= 4 is 29.0 Å². The molecule has 0 atom stereocenters. The normalized spacial score (nSPS) is 16.2. The number of thiophene rings is 1. The Labute approximate surface area is 141 Å². The molecule has 0 unspecified atom stereocenters. The number of nitrogen functional groups attached to an aromatic ring is 1. The van der Waals surface area contributed by atoms with Crippen LogP contribution in [-0.4, -0.2) is 53.6 Å². The first-order valence-electron chi connectivity index (χ1n) is 7.80. The van der Waals surface area contributed by atoms with Crippen LogP contribution in [0, 0.1) is 6.92 Å². The second kappa shape index (κ2) is 6.78. The van der Waals surface area contributed by atoms with E-state index in [1.54, 1.807) is 15.9 Å². The molecular weight excluding hydrogens is 314 g/mol. The Balaban J connectivity index is 1.98. The summed E-state index contributed by atoms with van der Waals surface area (Å²) >= 11 is 1.42. The van der Waals surface area contributed by atoms with Gasteiger partial charge in [0.2, 0.25) is 0 Å². The van der Waals surface area contributed by atoms with Crippen LogP contribution >= 0.6 is 11.3 Å². The second-order valence-electron chi connectivity index (χ2n) is 6.74. The van der Waals surface area contributed by atoms with Gasteiger partial charge in [-0.15, -0.1) is 11.3 Å². The molecule has 0 radical (unpaired) electrons. The highest BCUT2D eigenvalue weighted by Crippen LogP contribution is 2.25. The van der Waals surface area contributed by atoms with E-state index < -0.39 is 5.60 Å². The van der Waals surface area contributed by atoms with Gasteiger partial charge in [0.05, 0.1) is 4.88 Å². The molecule has 6 nitrogen and oxygen atoms in total. The van der Waals surface area contributed by atoms with Gasteiger partial charge < -0.3 is 20.3 Å². The van der Waals surface area contributed by atoms with Crippen LogP contribution in [0.25, 0.3) is 0 Å². The van der Waals surface area contributed by atoms with E-state index in [9.17, 15) is 9.59 Å². The van der Waals surface area contributed by atoms with Crippen molar-refractivity contribution in [1.29, 1.82) is 0 Å². The van der Waals surface area contributed by atoms with E-state index in [1.165, 1.54) is 11.3 Å². The van der Waals surface area contributed by atoms with Crippen molar-refractivity contribution in [1.82, 2.24) is 9.80 Å². The number of amides is 2. The van der Waals surface area contributed by atoms with E-state index >= 15 is 0 Å². The number of hydrogen-bond acceptors (Lipinski definition) is 5. The van der Waals surface area contributed by atoms with Gasteiger partial charge in [-0.1, -0.05) is 0 Å². The van der Waals surface area contributed by atoms with Gasteiger partial charge in [0, 0.05) is 36.7 Å². The molecule has 1 aromatic heterocycles. The lowest BCUT2D eigenvalue weighted by Crippen LogP contribution is -2.40. The SMILES string of the molecule is Cc1sc(C(=O)N2CCCN(C(=O)OC(C)(C)C)CC2)cc1N. The average molecular weight is 339 g/mol. The molecule has 2 N–H and O–H groups in total. The predicted molar refractivity (Wildman–Crippen MR) is 91.8 cm³/mol. The zero-order valence-corrected chi connectivity index (χ0v) is 15.0. The molecule has 2 amide bonds. The van der Waals surface area contributed by atoms with Crippen molar-refractivity contribution in [2.75, 3.05) is 31.9 Å². The molecule has 2 rings (SSSR count). The maximum absolute atomic E-state index is 12.6. The molecular formula is C16H25N3O3S. The lowest BCUT2D eigenvalue weighted by atomic mass is 10.2. The van der Waals surface area contributed by atoms with Crippen LogP contribution in [0.1, 0.15) is 41.7 Å². The Morgan fingerprint density at radius 2 is 1.78 bits per heavy atom. The highest BCUT2D eigenvalue weighted by molar-refractivity contribution is 7.14. The van der Waals surface area contributed by atoms with Crippen LogP contribution in [-0.2, 0) is 4.74 Å². The summed E-state index contributed by atoms with van der Waals surface area (Å²) < 4.78 is 5.40. The highest BCUT2D eigenvalue weighted by atomic mass is 32.1. The minimum absolute atomic E-state index is 0.0131. The average Bonchev–Trinajstić information content (AvgIpc) is 2.66. The van der Waals surface area contributed by atoms with Gasteiger partial charge in [-0.25, -0.2) is 4.79 Å². The number of carbonyl (C=O) groups excluding carboxylic acids is 2. The van der Waals surface area contributed by atoms with E-state index in [2.05, 4.69) is 0 Å². The Hall–Kier alpha value is -1.76. The molecule has 0 spiro atoms. The summed E-state index contributed by atoms with van der Waals surface area (Å²) in [5.74, 6) is -0.0131. The topological polar surface area (TPSA) is 75.9 Å². The lowest BCUT2D eigenvalue weighted by molar-refractivity contribution is 0.0256. The summed E-state index contributed by atoms with van der Waals surface area (Å²) in [5.41, 5.74) is 5.98. The van der Waals surface area contributed by atoms with Crippen molar-refractivity contribution in [2.24, 2.45) is 0 Å². The van der Waals surface area contributed by atoms with Crippen LogP contribution in [0.15, 0.2) is 6.07 Å². The molecule has 1 aliphatic rings. The van der Waals surface area contributed by atoms with Crippen LogP contribution in [0.4, 0.5) is 10.5 Å². The largest absolute Gasteiger partial charge is 0.444 e. The molecule has 0 aliphatic carbocycles. The second-order valence-corrected chi connectivity index (χ2v) is 7.99. The van der Waals surface area contributed by atoms with Gasteiger partial charge >= 0.3 is 6.09 Å². The summed E-state index contributed by atoms with van der Waals surface area (Å²) in [5, 5.41) is 0. The summed E-state index contributed by atoms with van der Waals surface area (Å²) in [6, 6.07) is 1.73. The Kier molecular flexibility index (Phi) is 5.19. The van der Waals surface area contributed by atoms with Crippen LogP contribution in [0.5, 0.6) is 0 Å². The van der Waals surface area contributed by atoms with E-state index in [0.29, 0.717) is 36.7 Å². The van der Waals surface area contributed by atoms with Gasteiger partial charge in [0.15, 0.2) is 0 Å². The van der Waals surface area contributed by atoms with Gasteiger partial charge in [0.25, 0.3) is 5.91 Å². The van der Waals surface area contributed by atoms with E-state index in [-0.39, 0.29) is 12.0 Å². The van der Waals surface area contributed by atoms with Crippen molar-refractivity contribution in [2.45, 2.75) is 39.7 Å². The molecule has 0 bridgehead atoms. The smallest absolute Gasteiger partial charge is 0.410 e. The maximum Gasteiger partial charge on any atom is 0.410 e. The number of ether oxygens (including phenoxy) is 1. The fourth-order valence-corrected chi connectivity index (χ4v) is 3.30. The number of nitrogens with two attached hydrogens (primary N) is 1. The molecule has 2 heterocycles. The summed E-state index contributed by atoms with van der Waals surface area (Å²) in [6.07, 6.45) is 0.424. The fourth-order valence-electron chi connectivity index (χ4n) is 2.39. The zero-order valence-electron chi connectivity index (χ0n) is 14.2. The molecule has 7 heteroatoms. The van der Waals surface area contributed by atoms with Crippen LogP contribution in [0.2, 0.25) is 0 Å². The zero-order chi connectivity index (χ0) is 17.2. The first-order valence-corrected chi connectivity index (χ1v) is 8.62. The van der Waals surface area contributed by atoms with Crippen LogP contribution < -0.4 is 5.73 Å². The number of aryl methyl sites for hydroxylation is 1. The van der Waals surface area contributed by atoms with Crippen molar-refractivity contribution < 1.29 is 14.3 Å². The van der Waals surface area contributed by atoms with Crippen molar-refractivity contribution in [3.8, 4) is 0 Å². The molecule has 1 aromatic rings. The monoisotopic (exact) mass is 339 g/mol. The highest BCUT2D eigenvalue weighted by Gasteiger charge is 2.26. The quantitative estimate of drug-likeness (QED) is 0.853. The molecule has 1 saturated heterocycles. The number of hydrogen-bond donors (Lipinski definition) is 1. The Morgan fingerprint density at radius 3 is 2.35 bits per heavy atom.